The lowest BCUT2D eigenvalue weighted by atomic mass is 10.1. The molecular formula is C18H12Cl2N2O4. The second kappa shape index (κ2) is 7.19. The van der Waals surface area contributed by atoms with Crippen LogP contribution in [0.15, 0.2) is 48.0 Å². The van der Waals surface area contributed by atoms with Gasteiger partial charge in [-0.05, 0) is 35.9 Å². The van der Waals surface area contributed by atoms with Crippen LogP contribution in [0.4, 0.5) is 10.5 Å². The number of benzene rings is 2. The number of barbiturate groups is 1. The van der Waals surface area contributed by atoms with E-state index in [1.54, 1.807) is 30.3 Å². The van der Waals surface area contributed by atoms with Crippen LogP contribution in [0.3, 0.4) is 0 Å². The van der Waals surface area contributed by atoms with Crippen LogP contribution in [0.2, 0.25) is 10.0 Å². The number of nitrogens with one attached hydrogen (secondary N) is 1. The van der Waals surface area contributed by atoms with Crippen molar-refractivity contribution in [3.05, 3.63) is 63.6 Å². The summed E-state index contributed by atoms with van der Waals surface area (Å²) in [4.78, 5) is 37.9. The van der Waals surface area contributed by atoms with Crippen LogP contribution in [-0.2, 0) is 9.59 Å². The number of carbonyl (C=O) groups excluding carboxylic acids is 3. The van der Waals surface area contributed by atoms with Crippen LogP contribution in [-0.4, -0.2) is 25.0 Å². The van der Waals surface area contributed by atoms with E-state index in [1.165, 1.54) is 25.3 Å². The molecule has 2 aromatic rings. The molecule has 0 radical (unpaired) electrons. The highest BCUT2D eigenvalue weighted by Gasteiger charge is 2.36. The predicted molar refractivity (Wildman–Crippen MR) is 98.5 cm³/mol. The van der Waals surface area contributed by atoms with Gasteiger partial charge in [0.15, 0.2) is 5.75 Å². The van der Waals surface area contributed by atoms with Gasteiger partial charge in [0.05, 0.1) is 22.8 Å². The Morgan fingerprint density at radius 1 is 1.04 bits per heavy atom. The third kappa shape index (κ3) is 3.29. The minimum Gasteiger partial charge on any atom is -0.494 e. The third-order valence-corrected chi connectivity index (χ3v) is 4.21. The highest BCUT2D eigenvalue weighted by atomic mass is 35.5. The molecule has 3 rings (SSSR count). The lowest BCUT2D eigenvalue weighted by molar-refractivity contribution is -0.122. The van der Waals surface area contributed by atoms with E-state index in [-0.39, 0.29) is 21.4 Å². The summed E-state index contributed by atoms with van der Waals surface area (Å²) >= 11 is 12.2. The molecule has 0 aliphatic carbocycles. The molecule has 4 amide bonds. The smallest absolute Gasteiger partial charge is 0.335 e. The lowest BCUT2D eigenvalue weighted by Gasteiger charge is -2.26. The predicted octanol–water partition coefficient (Wildman–Crippen LogP) is 3.67. The Morgan fingerprint density at radius 2 is 1.65 bits per heavy atom. The van der Waals surface area contributed by atoms with Crippen LogP contribution < -0.4 is 15.0 Å². The largest absolute Gasteiger partial charge is 0.494 e. The number of carbonyl (C=O) groups is 3. The van der Waals surface area contributed by atoms with Crippen molar-refractivity contribution in [2.24, 2.45) is 0 Å². The Balaban J connectivity index is 2.04. The number of rotatable bonds is 3. The first-order valence-corrected chi connectivity index (χ1v) is 8.17. The van der Waals surface area contributed by atoms with Crippen molar-refractivity contribution < 1.29 is 19.1 Å². The van der Waals surface area contributed by atoms with Crippen molar-refractivity contribution in [3.8, 4) is 5.75 Å². The maximum Gasteiger partial charge on any atom is 0.335 e. The Bertz CT molecular complexity index is 918. The molecule has 26 heavy (non-hydrogen) atoms. The first-order valence-electron chi connectivity index (χ1n) is 7.42. The normalized spacial score (nSPS) is 16.0. The molecule has 0 spiro atoms. The average Bonchev–Trinajstić information content (AvgIpc) is 2.59. The lowest BCUT2D eigenvalue weighted by Crippen LogP contribution is -2.54. The molecule has 0 aromatic heterocycles. The number of nitrogens with zero attached hydrogens (tertiary/aromatic N) is 1. The van der Waals surface area contributed by atoms with E-state index in [4.69, 9.17) is 27.9 Å². The standard InChI is InChI=1S/C18H12Cl2N2O4/c1-26-15-13(19)8-10(9-14(15)20)7-12-16(23)21-18(25)22(17(12)24)11-5-3-2-4-6-11/h2-9H,1H3,(H,21,23,25)/b12-7+. The molecule has 1 N–H and O–H groups in total. The fourth-order valence-electron chi connectivity index (χ4n) is 2.49. The molecule has 0 saturated carbocycles. The highest BCUT2D eigenvalue weighted by molar-refractivity contribution is 6.40. The second-order valence-corrected chi connectivity index (χ2v) is 6.13. The van der Waals surface area contributed by atoms with Crippen molar-refractivity contribution in [2.75, 3.05) is 12.0 Å². The summed E-state index contributed by atoms with van der Waals surface area (Å²) in [5, 5.41) is 2.61. The number of ether oxygens (including phenoxy) is 1. The summed E-state index contributed by atoms with van der Waals surface area (Å²) in [5.41, 5.74) is 0.548. The van der Waals surface area contributed by atoms with Crippen LogP contribution in [0.5, 0.6) is 5.75 Å². The van der Waals surface area contributed by atoms with Crippen LogP contribution >= 0.6 is 23.2 Å². The zero-order valence-electron chi connectivity index (χ0n) is 13.5. The van der Waals surface area contributed by atoms with Gasteiger partial charge >= 0.3 is 6.03 Å². The number of anilines is 1. The van der Waals surface area contributed by atoms with E-state index in [0.29, 0.717) is 11.3 Å². The molecule has 6 nitrogen and oxygen atoms in total. The van der Waals surface area contributed by atoms with Gasteiger partial charge in [-0.3, -0.25) is 14.9 Å². The summed E-state index contributed by atoms with van der Waals surface area (Å²) in [5.74, 6) is -1.25. The summed E-state index contributed by atoms with van der Waals surface area (Å²) in [6.45, 7) is 0. The average molecular weight is 391 g/mol. The van der Waals surface area contributed by atoms with Gasteiger partial charge in [-0.2, -0.15) is 0 Å². The Morgan fingerprint density at radius 3 is 2.23 bits per heavy atom. The van der Waals surface area contributed by atoms with Gasteiger partial charge in [0.1, 0.15) is 5.57 Å². The molecule has 1 aliphatic rings. The maximum atomic E-state index is 12.7. The van der Waals surface area contributed by atoms with E-state index in [9.17, 15) is 14.4 Å². The quantitative estimate of drug-likeness (QED) is 0.640. The number of para-hydroxylation sites is 1. The Hall–Kier alpha value is -2.83. The Labute approximate surface area is 158 Å². The number of hydrogen-bond donors (Lipinski definition) is 1. The van der Waals surface area contributed by atoms with Crippen LogP contribution in [0.25, 0.3) is 6.08 Å². The number of amides is 4. The van der Waals surface area contributed by atoms with Gasteiger partial charge < -0.3 is 4.74 Å². The van der Waals surface area contributed by atoms with E-state index >= 15 is 0 Å². The topological polar surface area (TPSA) is 75.7 Å². The number of halogens is 2. The minimum atomic E-state index is -0.811. The zero-order valence-corrected chi connectivity index (χ0v) is 15.0. The summed E-state index contributed by atoms with van der Waals surface area (Å²) in [7, 11) is 1.42. The van der Waals surface area contributed by atoms with E-state index in [2.05, 4.69) is 5.32 Å². The third-order valence-electron chi connectivity index (χ3n) is 3.65. The van der Waals surface area contributed by atoms with Crippen molar-refractivity contribution in [3.63, 3.8) is 0 Å². The number of imide groups is 2. The molecule has 8 heteroatoms. The minimum absolute atomic E-state index is 0.217. The number of methoxy groups -OCH3 is 1. The molecule has 0 atom stereocenters. The van der Waals surface area contributed by atoms with E-state index in [0.717, 1.165) is 4.90 Å². The maximum absolute atomic E-state index is 12.7. The molecule has 1 fully saturated rings. The van der Waals surface area contributed by atoms with Crippen molar-refractivity contribution in [1.82, 2.24) is 5.32 Å². The Kier molecular flexibility index (Phi) is 4.97. The first kappa shape index (κ1) is 18.0. The monoisotopic (exact) mass is 390 g/mol. The van der Waals surface area contributed by atoms with Crippen LogP contribution in [0, 0.1) is 0 Å². The zero-order chi connectivity index (χ0) is 18.8. The number of urea groups is 1. The van der Waals surface area contributed by atoms with Gasteiger partial charge in [0, 0.05) is 0 Å². The SMILES string of the molecule is COc1c(Cl)cc(/C=C2\C(=O)NC(=O)N(c3ccccc3)C2=O)cc1Cl. The van der Waals surface area contributed by atoms with Gasteiger partial charge in [-0.1, -0.05) is 41.4 Å². The van der Waals surface area contributed by atoms with Gasteiger partial charge in [0.2, 0.25) is 0 Å². The fourth-order valence-corrected chi connectivity index (χ4v) is 3.15. The summed E-state index contributed by atoms with van der Waals surface area (Å²) < 4.78 is 5.07. The van der Waals surface area contributed by atoms with Gasteiger partial charge in [-0.15, -0.1) is 0 Å². The van der Waals surface area contributed by atoms with Gasteiger partial charge in [-0.25, -0.2) is 9.69 Å². The second-order valence-electron chi connectivity index (χ2n) is 5.31. The molecule has 2 aromatic carbocycles. The first-order chi connectivity index (χ1) is 12.4. The van der Waals surface area contributed by atoms with Crippen LogP contribution in [0.1, 0.15) is 5.56 Å². The van der Waals surface area contributed by atoms with Crippen molar-refractivity contribution in [2.45, 2.75) is 0 Å². The molecule has 1 saturated heterocycles. The van der Waals surface area contributed by atoms with Crippen molar-refractivity contribution in [1.29, 1.82) is 0 Å². The molecule has 1 aliphatic heterocycles. The summed E-state index contributed by atoms with van der Waals surface area (Å²) in [6.07, 6.45) is 1.32. The van der Waals surface area contributed by atoms with E-state index < -0.39 is 17.8 Å². The molecule has 132 valence electrons. The van der Waals surface area contributed by atoms with Crippen molar-refractivity contribution >= 4 is 52.8 Å². The highest BCUT2D eigenvalue weighted by Crippen LogP contribution is 2.34. The molecule has 0 unspecified atom stereocenters. The fraction of sp³-hybridized carbons (Fsp3) is 0.0556. The molecule has 1 heterocycles. The molecular weight excluding hydrogens is 379 g/mol. The summed E-state index contributed by atoms with van der Waals surface area (Å²) in [6, 6.07) is 10.5. The molecule has 0 bridgehead atoms. The number of hydrogen-bond acceptors (Lipinski definition) is 4. The van der Waals surface area contributed by atoms with Gasteiger partial charge in [0.25, 0.3) is 11.8 Å². The van der Waals surface area contributed by atoms with E-state index in [1.807, 2.05) is 0 Å².